The molecule has 1 atom stereocenters. The van der Waals surface area contributed by atoms with E-state index in [1.54, 1.807) is 19.1 Å². The molecule has 3 nitrogen and oxygen atoms in total. The van der Waals surface area contributed by atoms with Crippen molar-refractivity contribution in [2.75, 3.05) is 6.61 Å². The average Bonchev–Trinajstić information content (AvgIpc) is 2.18. The summed E-state index contributed by atoms with van der Waals surface area (Å²) in [4.78, 5) is 11.2. The molecule has 4 heteroatoms. The molecule has 0 spiro atoms. The molecule has 0 saturated heterocycles. The minimum Gasteiger partial charge on any atom is -0.465 e. The molecule has 82 valence electrons. The Morgan fingerprint density at radius 3 is 2.93 bits per heavy atom. The molecule has 1 rings (SSSR count). The highest BCUT2D eigenvalue weighted by atomic mass is 19.1. The van der Waals surface area contributed by atoms with Crippen molar-refractivity contribution in [1.82, 2.24) is 0 Å². The van der Waals surface area contributed by atoms with E-state index in [1.807, 2.05) is 0 Å². The van der Waals surface area contributed by atoms with Crippen LogP contribution in [0.4, 0.5) is 4.39 Å². The average molecular weight is 211 g/mol. The zero-order valence-corrected chi connectivity index (χ0v) is 8.57. The van der Waals surface area contributed by atoms with Crippen molar-refractivity contribution in [2.24, 2.45) is 5.73 Å². The van der Waals surface area contributed by atoms with Gasteiger partial charge in [-0.25, -0.2) is 4.39 Å². The number of halogens is 1. The van der Waals surface area contributed by atoms with Gasteiger partial charge in [-0.05, 0) is 31.0 Å². The Morgan fingerprint density at radius 1 is 1.60 bits per heavy atom. The van der Waals surface area contributed by atoms with Gasteiger partial charge < -0.3 is 10.5 Å². The molecule has 0 aliphatic carbocycles. The molecule has 0 aliphatic rings. The quantitative estimate of drug-likeness (QED) is 0.763. The van der Waals surface area contributed by atoms with Gasteiger partial charge in [-0.2, -0.15) is 0 Å². The van der Waals surface area contributed by atoms with Crippen molar-refractivity contribution in [3.63, 3.8) is 0 Å². The largest absolute Gasteiger partial charge is 0.465 e. The Morgan fingerprint density at radius 2 is 2.33 bits per heavy atom. The first-order chi connectivity index (χ1) is 7.13. The molecular formula is C11H14FNO2. The van der Waals surface area contributed by atoms with E-state index in [1.165, 1.54) is 12.1 Å². The van der Waals surface area contributed by atoms with Crippen LogP contribution in [0.2, 0.25) is 0 Å². The van der Waals surface area contributed by atoms with E-state index in [2.05, 4.69) is 0 Å². The Labute approximate surface area is 88.0 Å². The van der Waals surface area contributed by atoms with Crippen LogP contribution in [0, 0.1) is 5.82 Å². The smallest absolute Gasteiger partial charge is 0.323 e. The lowest BCUT2D eigenvalue weighted by Crippen LogP contribution is -2.34. The Balaban J connectivity index is 2.58. The number of carbonyl (C=O) groups excluding carboxylic acids is 1. The molecule has 0 amide bonds. The molecule has 0 aliphatic heterocycles. The van der Waals surface area contributed by atoms with Gasteiger partial charge in [-0.1, -0.05) is 12.1 Å². The molecule has 15 heavy (non-hydrogen) atoms. The minimum absolute atomic E-state index is 0.288. The molecule has 2 N–H and O–H groups in total. The molecule has 0 bridgehead atoms. The minimum atomic E-state index is -0.730. The Kier molecular flexibility index (Phi) is 4.24. The standard InChI is InChI=1S/C11H14FNO2/c1-2-15-11(14)10(13)7-8-4-3-5-9(12)6-8/h3-6,10H,2,7,13H2,1H3/t10-/m1/s1. The summed E-state index contributed by atoms with van der Waals surface area (Å²) in [5.41, 5.74) is 6.28. The number of hydrogen-bond donors (Lipinski definition) is 1. The second kappa shape index (κ2) is 5.46. The Bertz CT molecular complexity index is 341. The van der Waals surface area contributed by atoms with Gasteiger partial charge in [-0.3, -0.25) is 4.79 Å². The van der Waals surface area contributed by atoms with Gasteiger partial charge in [0.05, 0.1) is 6.61 Å². The fourth-order valence-electron chi connectivity index (χ4n) is 1.25. The van der Waals surface area contributed by atoms with Gasteiger partial charge in [-0.15, -0.1) is 0 Å². The summed E-state index contributed by atoms with van der Waals surface area (Å²) in [7, 11) is 0. The number of benzene rings is 1. The maximum absolute atomic E-state index is 12.8. The molecule has 0 unspecified atom stereocenters. The molecule has 1 aromatic carbocycles. The van der Waals surface area contributed by atoms with Crippen LogP contribution in [0.5, 0.6) is 0 Å². The van der Waals surface area contributed by atoms with Crippen LogP contribution in [-0.2, 0) is 16.0 Å². The van der Waals surface area contributed by atoms with E-state index >= 15 is 0 Å². The highest BCUT2D eigenvalue weighted by Gasteiger charge is 2.14. The van der Waals surface area contributed by atoms with Gasteiger partial charge in [0.2, 0.25) is 0 Å². The topological polar surface area (TPSA) is 52.3 Å². The van der Waals surface area contributed by atoms with Crippen molar-refractivity contribution in [3.05, 3.63) is 35.6 Å². The van der Waals surface area contributed by atoms with E-state index in [4.69, 9.17) is 10.5 Å². The number of hydrogen-bond acceptors (Lipinski definition) is 3. The van der Waals surface area contributed by atoms with E-state index in [-0.39, 0.29) is 12.2 Å². The third kappa shape index (κ3) is 3.67. The highest BCUT2D eigenvalue weighted by Crippen LogP contribution is 2.06. The lowest BCUT2D eigenvalue weighted by Gasteiger charge is -2.10. The van der Waals surface area contributed by atoms with Crippen molar-refractivity contribution in [2.45, 2.75) is 19.4 Å². The van der Waals surface area contributed by atoms with E-state index in [9.17, 15) is 9.18 Å². The number of carbonyl (C=O) groups is 1. The second-order valence-corrected chi connectivity index (χ2v) is 3.19. The summed E-state index contributed by atoms with van der Waals surface area (Å²) in [5, 5.41) is 0. The molecule has 0 radical (unpaired) electrons. The molecule has 1 aromatic rings. The zero-order chi connectivity index (χ0) is 11.3. The van der Waals surface area contributed by atoms with Crippen molar-refractivity contribution in [3.8, 4) is 0 Å². The summed E-state index contributed by atoms with van der Waals surface area (Å²) < 4.78 is 17.6. The number of ether oxygens (including phenoxy) is 1. The third-order valence-electron chi connectivity index (χ3n) is 1.93. The molecule has 0 fully saturated rings. The zero-order valence-electron chi connectivity index (χ0n) is 8.57. The van der Waals surface area contributed by atoms with Crippen LogP contribution in [0.25, 0.3) is 0 Å². The molecule has 0 aromatic heterocycles. The molecule has 0 heterocycles. The maximum Gasteiger partial charge on any atom is 0.323 e. The summed E-state index contributed by atoms with van der Waals surface area (Å²) >= 11 is 0. The molecular weight excluding hydrogens is 197 g/mol. The predicted octanol–water partition coefficient (Wildman–Crippen LogP) is 1.26. The van der Waals surface area contributed by atoms with Crippen molar-refractivity contribution < 1.29 is 13.9 Å². The van der Waals surface area contributed by atoms with Gasteiger partial charge in [0, 0.05) is 0 Å². The predicted molar refractivity (Wildman–Crippen MR) is 54.7 cm³/mol. The first-order valence-electron chi connectivity index (χ1n) is 4.80. The fraction of sp³-hybridized carbons (Fsp3) is 0.364. The van der Waals surface area contributed by atoms with Crippen LogP contribution in [0.15, 0.2) is 24.3 Å². The Hall–Kier alpha value is -1.42. The van der Waals surface area contributed by atoms with Crippen molar-refractivity contribution in [1.29, 1.82) is 0 Å². The summed E-state index contributed by atoms with van der Waals surface area (Å²) in [5.74, 6) is -0.787. The first-order valence-corrected chi connectivity index (χ1v) is 4.80. The van der Waals surface area contributed by atoms with Crippen molar-refractivity contribution >= 4 is 5.97 Å². The SMILES string of the molecule is CCOC(=O)[C@H](N)Cc1cccc(F)c1. The number of esters is 1. The lowest BCUT2D eigenvalue weighted by molar-refractivity contribution is -0.144. The van der Waals surface area contributed by atoms with Gasteiger partial charge in [0.1, 0.15) is 11.9 Å². The highest BCUT2D eigenvalue weighted by molar-refractivity contribution is 5.75. The third-order valence-corrected chi connectivity index (χ3v) is 1.93. The van der Waals surface area contributed by atoms with Gasteiger partial charge in [0.25, 0.3) is 0 Å². The van der Waals surface area contributed by atoms with Crippen LogP contribution in [0.3, 0.4) is 0 Å². The van der Waals surface area contributed by atoms with E-state index < -0.39 is 12.0 Å². The van der Waals surface area contributed by atoms with E-state index in [0.29, 0.717) is 12.2 Å². The van der Waals surface area contributed by atoms with Gasteiger partial charge in [0.15, 0.2) is 0 Å². The van der Waals surface area contributed by atoms with Crippen LogP contribution >= 0.6 is 0 Å². The maximum atomic E-state index is 12.8. The normalized spacial score (nSPS) is 12.2. The van der Waals surface area contributed by atoms with Crippen LogP contribution < -0.4 is 5.73 Å². The first kappa shape index (κ1) is 11.7. The summed E-state index contributed by atoms with van der Waals surface area (Å²) in [6, 6.07) is 5.29. The second-order valence-electron chi connectivity index (χ2n) is 3.19. The summed E-state index contributed by atoms with van der Waals surface area (Å²) in [6.07, 6.45) is 0.288. The van der Waals surface area contributed by atoms with Crippen LogP contribution in [0.1, 0.15) is 12.5 Å². The van der Waals surface area contributed by atoms with Crippen LogP contribution in [-0.4, -0.2) is 18.6 Å². The number of nitrogens with two attached hydrogens (primary N) is 1. The molecule has 0 saturated carbocycles. The monoisotopic (exact) mass is 211 g/mol. The van der Waals surface area contributed by atoms with Gasteiger partial charge >= 0.3 is 5.97 Å². The fourth-order valence-corrected chi connectivity index (χ4v) is 1.25. The van der Waals surface area contributed by atoms with E-state index in [0.717, 1.165) is 0 Å². The lowest BCUT2D eigenvalue weighted by atomic mass is 10.1. The summed E-state index contributed by atoms with van der Waals surface area (Å²) in [6.45, 7) is 2.02. The number of rotatable bonds is 4.